The Morgan fingerprint density at radius 3 is 2.36 bits per heavy atom. The van der Waals surface area contributed by atoms with Crippen LogP contribution in [0, 0.1) is 0 Å². The molecule has 2 rings (SSSR count). The molecular formula is C14H21Cl2F3N6O3. The van der Waals surface area contributed by atoms with E-state index in [-0.39, 0.29) is 58.8 Å². The lowest BCUT2D eigenvalue weighted by Gasteiger charge is -2.13. The molecule has 0 saturated carbocycles. The number of carbonyl (C=O) groups is 1. The molecule has 0 unspecified atom stereocenters. The van der Waals surface area contributed by atoms with Crippen LogP contribution in [0.15, 0.2) is 30.5 Å². The van der Waals surface area contributed by atoms with Gasteiger partial charge < -0.3 is 33.1 Å². The van der Waals surface area contributed by atoms with E-state index in [0.29, 0.717) is 13.1 Å². The van der Waals surface area contributed by atoms with E-state index in [2.05, 4.69) is 20.6 Å². The van der Waals surface area contributed by atoms with Gasteiger partial charge in [-0.2, -0.15) is 18.2 Å². The molecule has 1 aromatic carbocycles. The number of nitrogens with zero attached hydrogens (tertiary/aromatic N) is 2. The summed E-state index contributed by atoms with van der Waals surface area (Å²) in [7, 11) is 0. The molecule has 0 spiro atoms. The highest BCUT2D eigenvalue weighted by Gasteiger charge is 2.30. The maximum absolute atomic E-state index is 12.8. The SMILES string of the molecule is Cl.Cl.NCCNc1ncc(C(N)=O)c(Nc2cccc(C(F)(F)F)c2)n1.O.O. The molecule has 0 atom stereocenters. The number of aromatic nitrogens is 2. The number of halogens is 5. The highest BCUT2D eigenvalue weighted by molar-refractivity contribution is 5.98. The molecule has 28 heavy (non-hydrogen) atoms. The average Bonchev–Trinajstić information content (AvgIpc) is 2.52. The predicted octanol–water partition coefficient (Wildman–Crippen LogP) is 0.903. The van der Waals surface area contributed by atoms with Crippen molar-refractivity contribution in [2.75, 3.05) is 23.7 Å². The number of hydrogen-bond donors (Lipinski definition) is 4. The Labute approximate surface area is 170 Å². The van der Waals surface area contributed by atoms with Crippen molar-refractivity contribution in [2.45, 2.75) is 6.18 Å². The third kappa shape index (κ3) is 8.10. The quantitative estimate of drug-likeness (QED) is 0.508. The first-order valence-electron chi connectivity index (χ1n) is 6.86. The summed E-state index contributed by atoms with van der Waals surface area (Å²) in [5.41, 5.74) is 9.82. The molecule has 0 aliphatic heterocycles. The molecule has 0 bridgehead atoms. The fourth-order valence-corrected chi connectivity index (χ4v) is 1.84. The number of anilines is 3. The van der Waals surface area contributed by atoms with Crippen LogP contribution >= 0.6 is 24.8 Å². The molecule has 10 N–H and O–H groups in total. The zero-order valence-electron chi connectivity index (χ0n) is 14.2. The van der Waals surface area contributed by atoms with Crippen LogP contribution in [0.25, 0.3) is 0 Å². The van der Waals surface area contributed by atoms with Crippen LogP contribution in [-0.2, 0) is 6.18 Å². The first kappa shape index (κ1) is 30.4. The maximum Gasteiger partial charge on any atom is 0.416 e. The molecule has 160 valence electrons. The van der Waals surface area contributed by atoms with E-state index in [1.165, 1.54) is 18.3 Å². The van der Waals surface area contributed by atoms with Gasteiger partial charge in [0.25, 0.3) is 5.91 Å². The molecule has 1 heterocycles. The Balaban J connectivity index is -0.00000156. The molecule has 9 nitrogen and oxygen atoms in total. The van der Waals surface area contributed by atoms with Gasteiger partial charge in [-0.3, -0.25) is 4.79 Å². The number of primary amides is 1. The monoisotopic (exact) mass is 448 g/mol. The van der Waals surface area contributed by atoms with Crippen LogP contribution in [0.4, 0.5) is 30.6 Å². The summed E-state index contributed by atoms with van der Waals surface area (Å²) < 4.78 is 38.3. The summed E-state index contributed by atoms with van der Waals surface area (Å²) in [4.78, 5) is 19.4. The van der Waals surface area contributed by atoms with Crippen molar-refractivity contribution in [1.82, 2.24) is 9.97 Å². The second-order valence-electron chi connectivity index (χ2n) is 4.74. The minimum atomic E-state index is -4.48. The number of hydrogen-bond acceptors (Lipinski definition) is 6. The number of amides is 1. The molecule has 0 fully saturated rings. The van der Waals surface area contributed by atoms with Crippen LogP contribution in [-0.4, -0.2) is 39.9 Å². The highest BCUT2D eigenvalue weighted by Crippen LogP contribution is 2.31. The van der Waals surface area contributed by atoms with Crippen molar-refractivity contribution < 1.29 is 28.9 Å². The van der Waals surface area contributed by atoms with E-state index in [1.807, 2.05) is 0 Å². The summed E-state index contributed by atoms with van der Waals surface area (Å²) in [5, 5.41) is 5.46. The number of rotatable bonds is 6. The van der Waals surface area contributed by atoms with Crippen LogP contribution in [0.2, 0.25) is 0 Å². The molecule has 1 amide bonds. The maximum atomic E-state index is 12.8. The highest BCUT2D eigenvalue weighted by atomic mass is 35.5. The van der Waals surface area contributed by atoms with Gasteiger partial charge in [-0.1, -0.05) is 6.07 Å². The molecule has 1 aromatic heterocycles. The van der Waals surface area contributed by atoms with Crippen LogP contribution < -0.4 is 22.1 Å². The fraction of sp³-hybridized carbons (Fsp3) is 0.214. The lowest BCUT2D eigenvalue weighted by Crippen LogP contribution is -2.18. The zero-order valence-corrected chi connectivity index (χ0v) is 15.8. The van der Waals surface area contributed by atoms with E-state index >= 15 is 0 Å². The number of carbonyl (C=O) groups excluding carboxylic acids is 1. The number of nitrogens with one attached hydrogen (secondary N) is 2. The van der Waals surface area contributed by atoms with E-state index in [9.17, 15) is 18.0 Å². The van der Waals surface area contributed by atoms with E-state index < -0.39 is 17.6 Å². The van der Waals surface area contributed by atoms with E-state index in [1.54, 1.807) is 0 Å². The lowest BCUT2D eigenvalue weighted by atomic mass is 10.2. The number of nitrogens with two attached hydrogens (primary N) is 2. The minimum absolute atomic E-state index is 0. The second kappa shape index (κ2) is 12.9. The van der Waals surface area contributed by atoms with E-state index in [4.69, 9.17) is 11.5 Å². The van der Waals surface area contributed by atoms with Crippen molar-refractivity contribution in [1.29, 1.82) is 0 Å². The van der Waals surface area contributed by atoms with Gasteiger partial charge in [0.2, 0.25) is 5.95 Å². The molecule has 14 heteroatoms. The zero-order chi connectivity index (χ0) is 17.7. The predicted molar refractivity (Wildman–Crippen MR) is 105 cm³/mol. The molecule has 0 aliphatic carbocycles. The Bertz CT molecular complexity index is 753. The molecule has 0 radical (unpaired) electrons. The Morgan fingerprint density at radius 2 is 1.82 bits per heavy atom. The van der Waals surface area contributed by atoms with E-state index in [0.717, 1.165) is 12.1 Å². The third-order valence-electron chi connectivity index (χ3n) is 2.93. The van der Waals surface area contributed by atoms with Gasteiger partial charge >= 0.3 is 6.18 Å². The molecule has 2 aromatic rings. The smallest absolute Gasteiger partial charge is 0.412 e. The number of alkyl halides is 3. The van der Waals surface area contributed by atoms with Gasteiger partial charge in [0.05, 0.1) is 5.56 Å². The largest absolute Gasteiger partial charge is 0.416 e. The number of benzene rings is 1. The van der Waals surface area contributed by atoms with Crippen molar-refractivity contribution in [3.63, 3.8) is 0 Å². The van der Waals surface area contributed by atoms with Gasteiger partial charge in [-0.15, -0.1) is 24.8 Å². The van der Waals surface area contributed by atoms with Crippen molar-refractivity contribution in [2.24, 2.45) is 11.5 Å². The minimum Gasteiger partial charge on any atom is -0.412 e. The summed E-state index contributed by atoms with van der Waals surface area (Å²) in [6.07, 6.45) is -3.30. The summed E-state index contributed by atoms with van der Waals surface area (Å²) in [5.74, 6) is -0.647. The van der Waals surface area contributed by atoms with Crippen molar-refractivity contribution in [3.05, 3.63) is 41.6 Å². The lowest BCUT2D eigenvalue weighted by molar-refractivity contribution is -0.137. The summed E-state index contributed by atoms with van der Waals surface area (Å²) >= 11 is 0. The first-order valence-corrected chi connectivity index (χ1v) is 6.86. The first-order chi connectivity index (χ1) is 11.3. The Hall–Kier alpha value is -2.38. The van der Waals surface area contributed by atoms with Crippen molar-refractivity contribution in [3.8, 4) is 0 Å². The summed E-state index contributed by atoms with van der Waals surface area (Å²) in [6, 6.07) is 4.49. The third-order valence-corrected chi connectivity index (χ3v) is 2.93. The molecule has 0 saturated heterocycles. The van der Waals surface area contributed by atoms with Gasteiger partial charge in [-0.05, 0) is 18.2 Å². The van der Waals surface area contributed by atoms with Crippen LogP contribution in [0.5, 0.6) is 0 Å². The van der Waals surface area contributed by atoms with Gasteiger partial charge in [-0.25, -0.2) is 4.98 Å². The van der Waals surface area contributed by atoms with Gasteiger partial charge in [0.1, 0.15) is 11.4 Å². The van der Waals surface area contributed by atoms with Crippen LogP contribution in [0.3, 0.4) is 0 Å². The standard InChI is InChI=1S/C14H15F3N6O.2ClH.2H2O/c15-14(16,17)8-2-1-3-9(6-8)22-12-10(11(19)24)7-21-13(23-12)20-5-4-18;;;;/h1-3,6-7H,4-5,18H2,(H2,19,24)(H2,20,21,22,23);2*1H;2*1H2. The summed E-state index contributed by atoms with van der Waals surface area (Å²) in [6.45, 7) is 0.718. The normalized spacial score (nSPS) is 9.57. The van der Waals surface area contributed by atoms with Gasteiger partial charge in [0.15, 0.2) is 0 Å². The Kier molecular flexibility index (Phi) is 14.0. The van der Waals surface area contributed by atoms with Crippen LogP contribution in [0.1, 0.15) is 15.9 Å². The molecule has 0 aliphatic rings. The fourth-order valence-electron chi connectivity index (χ4n) is 1.84. The topological polar surface area (TPSA) is 182 Å². The average molecular weight is 449 g/mol. The Morgan fingerprint density at radius 1 is 1.18 bits per heavy atom. The van der Waals surface area contributed by atoms with Crippen molar-refractivity contribution >= 4 is 48.2 Å². The van der Waals surface area contributed by atoms with Gasteiger partial charge in [0, 0.05) is 25.0 Å². The molecular weight excluding hydrogens is 428 g/mol. The second-order valence-corrected chi connectivity index (χ2v) is 4.74.